The molecule has 6 aromatic carbocycles. The van der Waals surface area contributed by atoms with Crippen molar-refractivity contribution in [3.63, 3.8) is 0 Å². The van der Waals surface area contributed by atoms with Crippen molar-refractivity contribution in [3.8, 4) is 40.1 Å². The Bertz CT molecular complexity index is 2190. The third kappa shape index (κ3) is 4.34. The highest BCUT2D eigenvalue weighted by Crippen LogP contribution is 2.41. The fraction of sp³-hybridized carbons (Fsp3) is 0. The van der Waals surface area contributed by atoms with Gasteiger partial charge < -0.3 is 9.88 Å². The van der Waals surface area contributed by atoms with Crippen LogP contribution >= 0.6 is 0 Å². The van der Waals surface area contributed by atoms with E-state index in [1.807, 2.05) is 24.3 Å². The minimum absolute atomic E-state index is 0.322. The molecule has 196 valence electrons. The number of para-hydroxylation sites is 3. The van der Waals surface area contributed by atoms with Gasteiger partial charge in [-0.3, -0.25) is 0 Å². The molecule has 0 radical (unpaired) electrons. The van der Waals surface area contributed by atoms with Gasteiger partial charge >= 0.3 is 0 Å². The summed E-state index contributed by atoms with van der Waals surface area (Å²) in [5.41, 5.74) is 9.89. The lowest BCUT2D eigenvalue weighted by molar-refractivity contribution is 1.18. The van der Waals surface area contributed by atoms with Gasteiger partial charge in [-0.2, -0.15) is 10.5 Å². The number of aromatic nitrogens is 1. The van der Waals surface area contributed by atoms with Crippen LogP contribution < -0.4 is 0 Å². The van der Waals surface area contributed by atoms with E-state index in [-0.39, 0.29) is 0 Å². The molecule has 0 amide bonds. The smallest absolute Gasteiger partial charge is 0.101 e. The summed E-state index contributed by atoms with van der Waals surface area (Å²) in [5, 5.41) is 26.0. The first-order chi connectivity index (χ1) is 20.7. The summed E-state index contributed by atoms with van der Waals surface area (Å²) >= 11 is 0. The molecule has 7 aromatic rings. The van der Waals surface area contributed by atoms with Crippen LogP contribution in [0.3, 0.4) is 0 Å². The van der Waals surface area contributed by atoms with Gasteiger partial charge in [0.25, 0.3) is 0 Å². The van der Waals surface area contributed by atoms with Gasteiger partial charge in [0, 0.05) is 16.5 Å². The monoisotopic (exact) mass is 535 g/mol. The molecule has 4 nitrogen and oxygen atoms in total. The van der Waals surface area contributed by atoms with Gasteiger partial charge in [-0.15, -0.1) is 11.4 Å². The van der Waals surface area contributed by atoms with Gasteiger partial charge in [0.15, 0.2) is 0 Å². The van der Waals surface area contributed by atoms with Crippen molar-refractivity contribution in [2.24, 2.45) is 0 Å². The molecule has 7 rings (SSSR count). The Labute approximate surface area is 244 Å². The summed E-state index contributed by atoms with van der Waals surface area (Å²) in [6, 6.07) is 51.5. The molecule has 0 fully saturated rings. The molecule has 1 aromatic heterocycles. The number of benzene rings is 6. The van der Waals surface area contributed by atoms with Crippen LogP contribution in [-0.4, -0.2) is 4.57 Å². The molecule has 0 spiro atoms. The molecule has 0 N–H and O–H groups in total. The van der Waals surface area contributed by atoms with Crippen LogP contribution in [0.15, 0.2) is 140 Å². The number of hydrogen-bond acceptors (Lipinski definition) is 2. The first kappa shape index (κ1) is 24.9. The Kier molecular flexibility index (Phi) is 6.21. The Morgan fingerprint density at radius 3 is 2.07 bits per heavy atom. The van der Waals surface area contributed by atoms with E-state index in [0.717, 1.165) is 33.6 Å². The van der Waals surface area contributed by atoms with Crippen LogP contribution in [0.5, 0.6) is 0 Å². The third-order valence-electron chi connectivity index (χ3n) is 7.59. The molecular weight excluding hydrogens is 512 g/mol. The van der Waals surface area contributed by atoms with Crippen molar-refractivity contribution < 1.29 is 0 Å². The quantitative estimate of drug-likeness (QED) is 0.220. The van der Waals surface area contributed by atoms with Crippen LogP contribution in [0.25, 0.3) is 55.1 Å². The first-order valence-corrected chi connectivity index (χ1v) is 13.7. The third-order valence-corrected chi connectivity index (χ3v) is 7.59. The number of nitriles is 2. The fourth-order valence-electron chi connectivity index (χ4n) is 5.62. The van der Waals surface area contributed by atoms with Crippen molar-refractivity contribution in [3.05, 3.63) is 156 Å². The van der Waals surface area contributed by atoms with Crippen LogP contribution in [0.4, 0.5) is 11.4 Å². The topological polar surface area (TPSA) is 66.6 Å². The molecule has 42 heavy (non-hydrogen) atoms. The summed E-state index contributed by atoms with van der Waals surface area (Å²) < 4.78 is 2.32. The Morgan fingerprint density at radius 2 is 1.21 bits per heavy atom. The molecule has 0 saturated heterocycles. The second kappa shape index (κ2) is 10.5. The second-order valence-corrected chi connectivity index (χ2v) is 10.1. The van der Waals surface area contributed by atoms with E-state index in [1.54, 1.807) is 18.2 Å². The summed E-state index contributed by atoms with van der Waals surface area (Å²) in [5.74, 6) is 0. The normalized spacial score (nSPS) is 10.8. The lowest BCUT2D eigenvalue weighted by atomic mass is 9.97. The first-order valence-electron chi connectivity index (χ1n) is 13.7. The lowest BCUT2D eigenvalue weighted by Crippen LogP contribution is -1.92. The Balaban J connectivity index is 1.30. The molecule has 0 unspecified atom stereocenters. The van der Waals surface area contributed by atoms with Crippen molar-refractivity contribution in [1.29, 1.82) is 10.5 Å². The molecule has 0 aliphatic heterocycles. The van der Waals surface area contributed by atoms with Crippen molar-refractivity contribution in [2.45, 2.75) is 0 Å². The van der Waals surface area contributed by atoms with Crippen molar-refractivity contribution in [2.75, 3.05) is 0 Å². The van der Waals surface area contributed by atoms with E-state index in [4.69, 9.17) is 5.32 Å². The van der Waals surface area contributed by atoms with E-state index < -0.39 is 0 Å². The molecule has 1 heterocycles. The highest BCUT2D eigenvalue weighted by Gasteiger charge is 2.13. The van der Waals surface area contributed by atoms with E-state index in [2.05, 4.69) is 114 Å². The highest BCUT2D eigenvalue weighted by molar-refractivity contribution is 6.10. The zero-order chi connectivity index (χ0) is 28.5. The molecule has 0 saturated carbocycles. The largest absolute Gasteiger partial charge is 0.657 e. The van der Waals surface area contributed by atoms with Crippen molar-refractivity contribution >= 4 is 33.2 Å². The minimum atomic E-state index is 0.322. The summed E-state index contributed by atoms with van der Waals surface area (Å²) in [6.45, 7) is 0. The van der Waals surface area contributed by atoms with E-state index in [9.17, 15) is 10.5 Å². The number of fused-ring (bicyclic) bond motifs is 3. The van der Waals surface area contributed by atoms with Gasteiger partial charge in [-0.1, -0.05) is 97.1 Å². The summed E-state index contributed by atoms with van der Waals surface area (Å²) in [4.78, 5) is 0. The van der Waals surface area contributed by atoms with Gasteiger partial charge in [-0.05, 0) is 64.7 Å². The van der Waals surface area contributed by atoms with Gasteiger partial charge in [0.05, 0.1) is 22.2 Å². The van der Waals surface area contributed by atoms with E-state index in [1.165, 1.54) is 21.8 Å². The molecule has 0 bridgehead atoms. The second-order valence-electron chi connectivity index (χ2n) is 10.1. The maximum Gasteiger partial charge on any atom is 0.101 e. The van der Waals surface area contributed by atoms with Crippen molar-refractivity contribution in [1.82, 2.24) is 4.57 Å². The highest BCUT2D eigenvalue weighted by atomic mass is 15.0. The van der Waals surface area contributed by atoms with E-state index in [0.29, 0.717) is 16.8 Å². The standard InChI is InChI=1S/C38H23N4/c39-24-29-17-19-31(22-30(29)25-40)41-36-15-6-4-13-33(36)28-10-8-9-26(21-28)27-18-20-38-35(23-27)34-14-5-7-16-37(34)42(38)32-11-2-1-3-12-32/h1-23H/q-1. The molecule has 0 aliphatic rings. The molecular formula is C38H23N4-. The maximum absolute atomic E-state index is 9.45. The lowest BCUT2D eigenvalue weighted by Gasteiger charge is -2.26. The molecule has 0 aliphatic carbocycles. The van der Waals surface area contributed by atoms with Gasteiger partial charge in [0.1, 0.15) is 12.1 Å². The summed E-state index contributed by atoms with van der Waals surface area (Å²) in [7, 11) is 0. The summed E-state index contributed by atoms with van der Waals surface area (Å²) in [6.07, 6.45) is 0. The number of hydrogen-bond donors (Lipinski definition) is 0. The zero-order valence-electron chi connectivity index (χ0n) is 22.6. The Morgan fingerprint density at radius 1 is 0.500 bits per heavy atom. The average Bonchev–Trinajstić information content (AvgIpc) is 3.39. The predicted molar refractivity (Wildman–Crippen MR) is 170 cm³/mol. The maximum atomic E-state index is 9.45. The predicted octanol–water partition coefficient (Wildman–Crippen LogP) is 10.2. The Hall–Kier alpha value is -6.10. The minimum Gasteiger partial charge on any atom is -0.657 e. The number of nitrogens with zero attached hydrogens (tertiary/aromatic N) is 4. The van der Waals surface area contributed by atoms with E-state index >= 15 is 0 Å². The SMILES string of the molecule is N#Cc1ccc([N-]c2ccccc2-c2cccc(-c3ccc4c(c3)c3ccccc3n4-c3ccccc3)c2)cc1C#N. The van der Waals surface area contributed by atoms with Gasteiger partial charge in [0.2, 0.25) is 0 Å². The zero-order valence-corrected chi connectivity index (χ0v) is 22.6. The van der Waals surface area contributed by atoms with Crippen LogP contribution in [-0.2, 0) is 0 Å². The van der Waals surface area contributed by atoms with Crippen LogP contribution in [0.1, 0.15) is 11.1 Å². The number of rotatable bonds is 5. The molecule has 0 atom stereocenters. The average molecular weight is 536 g/mol. The van der Waals surface area contributed by atoms with Crippen LogP contribution in [0, 0.1) is 22.7 Å². The van der Waals surface area contributed by atoms with Gasteiger partial charge in [-0.25, -0.2) is 0 Å². The molecule has 4 heteroatoms. The fourth-order valence-corrected chi connectivity index (χ4v) is 5.62. The van der Waals surface area contributed by atoms with Crippen LogP contribution in [0.2, 0.25) is 0 Å².